The topological polar surface area (TPSA) is 126 Å². The van der Waals surface area contributed by atoms with E-state index < -0.39 is 18.2 Å². The van der Waals surface area contributed by atoms with E-state index in [1.807, 2.05) is 18.2 Å². The SMILES string of the molecule is O=C(CC1Oc2ccccc2NC1=O)Nc1cc(Br)c2c(c1)CNCCO2.O=C(O)C(F)(F)F. The van der Waals surface area contributed by atoms with Gasteiger partial charge in [0, 0.05) is 24.3 Å². The molecular formula is C21H19BrF3N3O6. The van der Waals surface area contributed by atoms with Crippen LogP contribution in [0.3, 0.4) is 0 Å². The van der Waals surface area contributed by atoms with Crippen molar-refractivity contribution in [2.75, 3.05) is 23.8 Å². The highest BCUT2D eigenvalue weighted by Gasteiger charge is 2.38. The molecule has 4 N–H and O–H groups in total. The summed E-state index contributed by atoms with van der Waals surface area (Å²) in [6.45, 7) is 2.01. The first kappa shape index (κ1) is 25.3. The zero-order valence-corrected chi connectivity index (χ0v) is 19.0. The van der Waals surface area contributed by atoms with Crippen molar-refractivity contribution in [3.8, 4) is 11.5 Å². The van der Waals surface area contributed by atoms with Gasteiger partial charge in [-0.2, -0.15) is 13.2 Å². The molecule has 2 aromatic rings. The van der Waals surface area contributed by atoms with Crippen molar-refractivity contribution in [2.45, 2.75) is 25.2 Å². The number of hydrogen-bond acceptors (Lipinski definition) is 6. The van der Waals surface area contributed by atoms with Gasteiger partial charge in [-0.05, 0) is 40.2 Å². The molecule has 182 valence electrons. The highest BCUT2D eigenvalue weighted by Crippen LogP contribution is 2.34. The van der Waals surface area contributed by atoms with Crippen LogP contribution < -0.4 is 25.4 Å². The van der Waals surface area contributed by atoms with E-state index in [1.165, 1.54) is 0 Å². The van der Waals surface area contributed by atoms with E-state index >= 15 is 0 Å². The van der Waals surface area contributed by atoms with Crippen molar-refractivity contribution in [3.05, 3.63) is 46.4 Å². The lowest BCUT2D eigenvalue weighted by Crippen LogP contribution is -2.39. The maximum atomic E-state index is 12.5. The van der Waals surface area contributed by atoms with Crippen molar-refractivity contribution in [1.82, 2.24) is 5.32 Å². The van der Waals surface area contributed by atoms with Crippen molar-refractivity contribution < 1.29 is 42.1 Å². The van der Waals surface area contributed by atoms with Crippen LogP contribution in [0.4, 0.5) is 24.5 Å². The molecule has 2 aliphatic heterocycles. The van der Waals surface area contributed by atoms with Crippen LogP contribution in [0.1, 0.15) is 12.0 Å². The molecule has 34 heavy (non-hydrogen) atoms. The number of carboxylic acid groups (broad SMARTS) is 1. The lowest BCUT2D eigenvalue weighted by atomic mass is 10.1. The lowest BCUT2D eigenvalue weighted by molar-refractivity contribution is -0.192. The fourth-order valence-electron chi connectivity index (χ4n) is 3.07. The summed E-state index contributed by atoms with van der Waals surface area (Å²) in [5.41, 5.74) is 2.20. The zero-order valence-electron chi connectivity index (χ0n) is 17.4. The molecule has 2 aromatic carbocycles. The number of carboxylic acids is 1. The second-order valence-electron chi connectivity index (χ2n) is 7.12. The molecule has 1 unspecified atom stereocenters. The Bertz CT molecular complexity index is 1100. The van der Waals surface area contributed by atoms with Crippen LogP contribution >= 0.6 is 15.9 Å². The molecule has 2 aliphatic rings. The number of carbonyl (C=O) groups excluding carboxylic acids is 2. The average Bonchev–Trinajstić information content (AvgIpc) is 3.00. The number of hydrogen-bond donors (Lipinski definition) is 4. The van der Waals surface area contributed by atoms with Gasteiger partial charge >= 0.3 is 12.1 Å². The molecule has 0 aliphatic carbocycles. The number of ether oxygens (including phenoxy) is 2. The van der Waals surface area contributed by atoms with Crippen LogP contribution in [0.25, 0.3) is 0 Å². The smallest absolute Gasteiger partial charge is 0.490 e. The largest absolute Gasteiger partial charge is 0.491 e. The van der Waals surface area contributed by atoms with Gasteiger partial charge in [-0.3, -0.25) is 9.59 Å². The van der Waals surface area contributed by atoms with Crippen LogP contribution in [0.15, 0.2) is 40.9 Å². The van der Waals surface area contributed by atoms with E-state index in [0.717, 1.165) is 22.3 Å². The minimum Gasteiger partial charge on any atom is -0.491 e. The van der Waals surface area contributed by atoms with E-state index in [2.05, 4.69) is 31.9 Å². The number of carbonyl (C=O) groups is 3. The Labute approximate surface area is 199 Å². The summed E-state index contributed by atoms with van der Waals surface area (Å²) >= 11 is 3.49. The molecule has 1 atom stereocenters. The molecule has 4 rings (SSSR count). The number of amides is 2. The molecule has 0 spiro atoms. The molecule has 0 saturated carbocycles. The third kappa shape index (κ3) is 6.60. The Balaban J connectivity index is 0.000000406. The van der Waals surface area contributed by atoms with E-state index in [-0.39, 0.29) is 18.2 Å². The van der Waals surface area contributed by atoms with E-state index in [0.29, 0.717) is 30.3 Å². The number of nitrogens with one attached hydrogen (secondary N) is 3. The van der Waals surface area contributed by atoms with E-state index in [9.17, 15) is 22.8 Å². The molecule has 9 nitrogen and oxygen atoms in total. The molecule has 0 fully saturated rings. The first-order chi connectivity index (χ1) is 16.0. The molecule has 2 amide bonds. The maximum Gasteiger partial charge on any atom is 0.490 e. The number of fused-ring (bicyclic) bond motifs is 2. The summed E-state index contributed by atoms with van der Waals surface area (Å²) in [7, 11) is 0. The van der Waals surface area contributed by atoms with Gasteiger partial charge in [0.15, 0.2) is 6.10 Å². The van der Waals surface area contributed by atoms with Gasteiger partial charge in [-0.15, -0.1) is 0 Å². The van der Waals surface area contributed by atoms with Gasteiger partial charge in [0.2, 0.25) is 5.91 Å². The Morgan fingerprint density at radius 1 is 1.24 bits per heavy atom. The van der Waals surface area contributed by atoms with Crippen LogP contribution in [0.2, 0.25) is 0 Å². The van der Waals surface area contributed by atoms with Crippen molar-refractivity contribution >= 4 is 45.1 Å². The third-order valence-electron chi connectivity index (χ3n) is 4.56. The first-order valence-electron chi connectivity index (χ1n) is 9.87. The molecule has 0 saturated heterocycles. The van der Waals surface area contributed by atoms with Crippen molar-refractivity contribution in [3.63, 3.8) is 0 Å². The summed E-state index contributed by atoms with van der Waals surface area (Å²) in [5, 5.41) is 16.0. The average molecular weight is 546 g/mol. The quantitative estimate of drug-likeness (QED) is 0.466. The fraction of sp³-hybridized carbons (Fsp3) is 0.286. The normalized spacial score (nSPS) is 16.7. The zero-order chi connectivity index (χ0) is 24.9. The Morgan fingerprint density at radius 3 is 2.65 bits per heavy atom. The lowest BCUT2D eigenvalue weighted by Gasteiger charge is -2.25. The predicted molar refractivity (Wildman–Crippen MR) is 118 cm³/mol. The molecule has 0 radical (unpaired) electrons. The summed E-state index contributed by atoms with van der Waals surface area (Å²) in [4.78, 5) is 33.5. The van der Waals surface area contributed by atoms with Crippen molar-refractivity contribution in [1.29, 1.82) is 0 Å². The number of benzene rings is 2. The van der Waals surface area contributed by atoms with Gasteiger partial charge in [0.1, 0.15) is 18.1 Å². The van der Waals surface area contributed by atoms with Crippen LogP contribution in [-0.2, 0) is 20.9 Å². The maximum absolute atomic E-state index is 12.5. The number of alkyl halides is 3. The number of anilines is 2. The van der Waals surface area contributed by atoms with Crippen molar-refractivity contribution in [2.24, 2.45) is 0 Å². The molecular weight excluding hydrogens is 527 g/mol. The third-order valence-corrected chi connectivity index (χ3v) is 5.15. The van der Waals surface area contributed by atoms with Gasteiger partial charge in [0.05, 0.1) is 16.6 Å². The first-order valence-corrected chi connectivity index (χ1v) is 10.7. The number of halogens is 4. The van der Waals surface area contributed by atoms with Crippen LogP contribution in [0, 0.1) is 0 Å². The monoisotopic (exact) mass is 545 g/mol. The summed E-state index contributed by atoms with van der Waals surface area (Å²) in [6, 6.07) is 10.8. The van der Waals surface area contributed by atoms with Gasteiger partial charge in [0.25, 0.3) is 5.91 Å². The van der Waals surface area contributed by atoms with E-state index in [1.54, 1.807) is 18.2 Å². The van der Waals surface area contributed by atoms with Crippen LogP contribution in [-0.4, -0.2) is 48.3 Å². The minimum absolute atomic E-state index is 0.0797. The van der Waals surface area contributed by atoms with Crippen LogP contribution in [0.5, 0.6) is 11.5 Å². The van der Waals surface area contributed by atoms with E-state index in [4.69, 9.17) is 19.4 Å². The number of rotatable bonds is 3. The highest BCUT2D eigenvalue weighted by molar-refractivity contribution is 9.10. The second kappa shape index (κ2) is 10.7. The predicted octanol–water partition coefficient (Wildman–Crippen LogP) is 3.29. The second-order valence-corrected chi connectivity index (χ2v) is 7.97. The molecule has 0 bridgehead atoms. The summed E-state index contributed by atoms with van der Waals surface area (Å²) < 4.78 is 43.9. The number of para-hydroxylation sites is 2. The Hall–Kier alpha value is -3.32. The van der Waals surface area contributed by atoms with Gasteiger partial charge in [-0.1, -0.05) is 12.1 Å². The number of aliphatic carboxylic acids is 1. The van der Waals surface area contributed by atoms with Gasteiger partial charge in [-0.25, -0.2) is 4.79 Å². The molecule has 2 heterocycles. The standard InChI is InChI=1S/C19H18BrN3O4.C2HF3O2/c20-13-8-12(7-11-10-21-5-6-26-18(11)13)22-17(24)9-16-19(25)23-14-3-1-2-4-15(14)27-16;3-2(4,5)1(6)7/h1-4,7-8,16,21H,5-6,9-10H2,(H,22,24)(H,23,25);(H,6,7). The highest BCUT2D eigenvalue weighted by atomic mass is 79.9. The Kier molecular flexibility index (Phi) is 7.99. The fourth-order valence-corrected chi connectivity index (χ4v) is 3.69. The minimum atomic E-state index is -5.08. The molecule has 0 aromatic heterocycles. The Morgan fingerprint density at radius 2 is 1.94 bits per heavy atom. The van der Waals surface area contributed by atoms with Gasteiger partial charge < -0.3 is 30.5 Å². The molecule has 13 heteroatoms. The summed E-state index contributed by atoms with van der Waals surface area (Å²) in [5.74, 6) is -2.04. The summed E-state index contributed by atoms with van der Waals surface area (Å²) in [6.07, 6.45) is -6.03.